The predicted octanol–water partition coefficient (Wildman–Crippen LogP) is 0.395. The molecule has 2 saturated heterocycles. The number of aliphatic hydroxyl groups is 2. The third kappa shape index (κ3) is 4.94. The molecule has 47 heavy (non-hydrogen) atoms. The van der Waals surface area contributed by atoms with Gasteiger partial charge in [0.15, 0.2) is 23.7 Å². The number of halogens is 6. The van der Waals surface area contributed by atoms with Gasteiger partial charge >= 0.3 is 24.4 Å². The van der Waals surface area contributed by atoms with Crippen LogP contribution in [-0.4, -0.2) is 99.1 Å². The summed E-state index contributed by atoms with van der Waals surface area (Å²) in [4.78, 5) is 50.6. The van der Waals surface area contributed by atoms with Crippen LogP contribution < -0.4 is 21.7 Å². The second kappa shape index (κ2) is 10.5. The van der Waals surface area contributed by atoms with Gasteiger partial charge in [-0.2, -0.15) is 26.3 Å². The number of benzene rings is 2. The molecule has 14 nitrogen and oxygen atoms in total. The van der Waals surface area contributed by atoms with Crippen LogP contribution >= 0.6 is 0 Å². The zero-order valence-corrected chi connectivity index (χ0v) is 23.7. The van der Waals surface area contributed by atoms with Gasteiger partial charge in [0.05, 0.1) is 35.8 Å². The fourth-order valence-corrected chi connectivity index (χ4v) is 6.22. The smallest absolute Gasteiger partial charge is 0.417 e. The highest BCUT2D eigenvalue weighted by atomic mass is 19.4. The summed E-state index contributed by atoms with van der Waals surface area (Å²) in [6, 6.07) is 4.89. The molecule has 4 aliphatic heterocycles. The monoisotopic (exact) mass is 670 g/mol. The van der Waals surface area contributed by atoms with E-state index in [0.717, 1.165) is 9.80 Å². The number of esters is 1. The maximum atomic E-state index is 13.7. The molecule has 4 atom stereocenters. The van der Waals surface area contributed by atoms with Gasteiger partial charge in [0, 0.05) is 5.69 Å². The van der Waals surface area contributed by atoms with E-state index in [0.29, 0.717) is 5.69 Å². The van der Waals surface area contributed by atoms with Crippen molar-refractivity contribution in [2.45, 2.75) is 42.0 Å². The fraction of sp³-hybridized carbons (Fsp3) is 0.370. The number of alkyl halides is 6. The minimum Gasteiger partial charge on any atom is -0.451 e. The Hall–Kier alpha value is -5.11. The minimum atomic E-state index is -5.29. The quantitative estimate of drug-likeness (QED) is 0.128. The highest BCUT2D eigenvalue weighted by Gasteiger charge is 2.74. The molecule has 0 radical (unpaired) electrons. The van der Waals surface area contributed by atoms with Gasteiger partial charge in [-0.3, -0.25) is 14.6 Å². The van der Waals surface area contributed by atoms with Crippen LogP contribution in [0.3, 0.4) is 0 Å². The van der Waals surface area contributed by atoms with Gasteiger partial charge in [-0.15, -0.1) is 0 Å². The molecule has 2 aromatic rings. The van der Waals surface area contributed by atoms with Gasteiger partial charge < -0.3 is 36.6 Å². The largest absolute Gasteiger partial charge is 0.451 e. The first-order valence-electron chi connectivity index (χ1n) is 13.7. The molecular weight excluding hydrogens is 646 g/mol. The number of rotatable bonds is 5. The molecule has 2 fully saturated rings. The zero-order valence-electron chi connectivity index (χ0n) is 23.7. The number of nitrogens with zero attached hydrogens (tertiary/aromatic N) is 5. The summed E-state index contributed by atoms with van der Waals surface area (Å²) in [6.07, 6.45) is -12.6. The normalized spacial score (nSPS) is 26.9. The fourth-order valence-electron chi connectivity index (χ4n) is 6.22. The summed E-state index contributed by atoms with van der Waals surface area (Å²) < 4.78 is 86.1. The maximum Gasteiger partial charge on any atom is 0.417 e. The second-order valence-electron chi connectivity index (χ2n) is 11.1. The molecular formula is C27H24F6N8O6. The van der Waals surface area contributed by atoms with E-state index in [4.69, 9.17) is 16.2 Å². The molecule has 2 aromatic carbocycles. The number of amides is 3. The number of imide groups is 1. The standard InChI is InChI=1S/C27H24F6N8O6/c28-26(29,30)12-6-7-15(27(31,32)33)14(8-12)20(43)47-17-10-41-22(35)36-16(19-24(41,25(17,45)46)38-21(34)37-19)9-40-18(42)11-39(23(40)44)13-4-2-1-3-5-13/h1-8,16-17,19,45-46H,9-11H2,(H2,35,36)(H3,34,37,38)/t16-,17-,19-,24-/m0/s1. The van der Waals surface area contributed by atoms with Crippen molar-refractivity contribution in [3.63, 3.8) is 0 Å². The predicted molar refractivity (Wildman–Crippen MR) is 147 cm³/mol. The summed E-state index contributed by atoms with van der Waals surface area (Å²) in [5, 5.41) is 25.6. The van der Waals surface area contributed by atoms with E-state index in [-0.39, 0.29) is 24.7 Å². The van der Waals surface area contributed by atoms with Crippen molar-refractivity contribution in [2.75, 3.05) is 24.5 Å². The lowest BCUT2D eigenvalue weighted by molar-refractivity contribution is -0.256. The third-order valence-electron chi connectivity index (χ3n) is 8.36. The SMILES string of the molecule is NC1=N[C@H]2[C@H](CN3C(=O)CN(c4ccccc4)C3=O)N=C(N)N3C[C@H](OC(=O)c4cc(C(F)(F)F)ccc4C(F)(F)F)C(O)(O)[C@]23N1. The number of guanidine groups is 2. The number of hydrogen-bond acceptors (Lipinski definition) is 12. The van der Waals surface area contributed by atoms with E-state index in [2.05, 4.69) is 15.3 Å². The van der Waals surface area contributed by atoms with Crippen molar-refractivity contribution in [3.8, 4) is 0 Å². The zero-order chi connectivity index (χ0) is 34.3. The van der Waals surface area contributed by atoms with E-state index in [1.54, 1.807) is 30.3 Å². The average Bonchev–Trinajstić information content (AvgIpc) is 3.57. The van der Waals surface area contributed by atoms with Gasteiger partial charge in [0.2, 0.25) is 5.79 Å². The van der Waals surface area contributed by atoms with Gasteiger partial charge in [0.25, 0.3) is 5.91 Å². The molecule has 250 valence electrons. The Morgan fingerprint density at radius 1 is 1.02 bits per heavy atom. The molecule has 0 aromatic heterocycles. The van der Waals surface area contributed by atoms with Gasteiger partial charge in [-0.25, -0.2) is 19.6 Å². The first-order valence-corrected chi connectivity index (χ1v) is 13.7. The van der Waals surface area contributed by atoms with E-state index in [1.165, 1.54) is 4.90 Å². The van der Waals surface area contributed by atoms with Crippen LogP contribution in [0, 0.1) is 0 Å². The minimum absolute atomic E-state index is 0.0549. The molecule has 6 rings (SSSR count). The van der Waals surface area contributed by atoms with E-state index in [9.17, 15) is 50.9 Å². The maximum absolute atomic E-state index is 13.7. The van der Waals surface area contributed by atoms with E-state index >= 15 is 0 Å². The van der Waals surface area contributed by atoms with Crippen molar-refractivity contribution in [1.29, 1.82) is 0 Å². The highest BCUT2D eigenvalue weighted by Crippen LogP contribution is 2.46. The number of aliphatic imine (C=N–C) groups is 2. The van der Waals surface area contributed by atoms with Crippen LogP contribution in [-0.2, 0) is 21.9 Å². The lowest BCUT2D eigenvalue weighted by atomic mass is 9.85. The molecule has 0 aliphatic carbocycles. The van der Waals surface area contributed by atoms with Crippen molar-refractivity contribution >= 4 is 35.5 Å². The number of nitrogens with two attached hydrogens (primary N) is 2. The van der Waals surface area contributed by atoms with Gasteiger partial charge in [-0.1, -0.05) is 18.2 Å². The van der Waals surface area contributed by atoms with Crippen molar-refractivity contribution < 1.29 is 55.7 Å². The topological polar surface area (TPSA) is 199 Å². The van der Waals surface area contributed by atoms with Crippen LogP contribution in [0.15, 0.2) is 58.5 Å². The molecule has 1 spiro atoms. The summed E-state index contributed by atoms with van der Waals surface area (Å²) in [6.45, 7) is -1.56. The van der Waals surface area contributed by atoms with E-state index in [1.807, 2.05) is 0 Å². The Morgan fingerprint density at radius 3 is 2.34 bits per heavy atom. The number of carbonyl (C=O) groups is 3. The van der Waals surface area contributed by atoms with Crippen LogP contribution in [0.25, 0.3) is 0 Å². The van der Waals surface area contributed by atoms with E-state index < -0.39 is 102 Å². The molecule has 4 heterocycles. The number of hydrogen-bond donors (Lipinski definition) is 5. The first kappa shape index (κ1) is 31.9. The molecule has 7 N–H and O–H groups in total. The highest BCUT2D eigenvalue weighted by molar-refractivity contribution is 6.12. The summed E-state index contributed by atoms with van der Waals surface area (Å²) in [7, 11) is 0. The van der Waals surface area contributed by atoms with Crippen LogP contribution in [0.4, 0.5) is 36.8 Å². The summed E-state index contributed by atoms with van der Waals surface area (Å²) >= 11 is 0. The van der Waals surface area contributed by atoms with Crippen molar-refractivity contribution in [3.05, 3.63) is 65.2 Å². The molecule has 3 amide bonds. The summed E-state index contributed by atoms with van der Waals surface area (Å²) in [5.41, 5.74) is 5.27. The molecule has 0 saturated carbocycles. The number of urea groups is 1. The van der Waals surface area contributed by atoms with Gasteiger partial charge in [0.1, 0.15) is 12.6 Å². The molecule has 20 heteroatoms. The number of anilines is 1. The first-order chi connectivity index (χ1) is 21.9. The summed E-state index contributed by atoms with van der Waals surface area (Å²) in [5.74, 6) is -6.75. The van der Waals surface area contributed by atoms with Crippen molar-refractivity contribution in [2.24, 2.45) is 21.5 Å². The number of para-hydroxylation sites is 1. The third-order valence-corrected chi connectivity index (χ3v) is 8.36. The average molecular weight is 671 g/mol. The van der Waals surface area contributed by atoms with Crippen molar-refractivity contribution in [1.82, 2.24) is 15.1 Å². The Bertz CT molecular complexity index is 1720. The number of carbonyl (C=O) groups excluding carboxylic acids is 3. The lowest BCUT2D eigenvalue weighted by Crippen LogP contribution is -2.77. The van der Waals surface area contributed by atoms with Crippen LogP contribution in [0.2, 0.25) is 0 Å². The Morgan fingerprint density at radius 2 is 1.70 bits per heavy atom. The molecule has 0 unspecified atom stereocenters. The molecule has 0 bridgehead atoms. The number of ether oxygens (including phenoxy) is 1. The van der Waals surface area contributed by atoms with Gasteiger partial charge in [-0.05, 0) is 30.3 Å². The Kier molecular flexibility index (Phi) is 7.09. The Balaban J connectivity index is 1.30. The number of nitrogens with one attached hydrogen (secondary N) is 1. The molecule has 4 aliphatic rings. The lowest BCUT2D eigenvalue weighted by Gasteiger charge is -2.48. The van der Waals surface area contributed by atoms with Crippen LogP contribution in [0.1, 0.15) is 21.5 Å². The van der Waals surface area contributed by atoms with Crippen LogP contribution in [0.5, 0.6) is 0 Å². The Labute approximate surface area is 259 Å². The second-order valence-corrected chi connectivity index (χ2v) is 11.1.